The van der Waals surface area contributed by atoms with E-state index in [1.165, 1.54) is 32.1 Å². The molecule has 1 aromatic carbocycles. The lowest BCUT2D eigenvalue weighted by molar-refractivity contribution is 0.290. The van der Waals surface area contributed by atoms with E-state index < -0.39 is 11.6 Å². The molecule has 0 atom stereocenters. The van der Waals surface area contributed by atoms with E-state index in [0.717, 1.165) is 50.0 Å². The van der Waals surface area contributed by atoms with E-state index in [0.29, 0.717) is 18.1 Å². The number of benzene rings is 1. The van der Waals surface area contributed by atoms with Gasteiger partial charge in [0.05, 0.1) is 6.61 Å². The van der Waals surface area contributed by atoms with Gasteiger partial charge in [0.25, 0.3) is 0 Å². The summed E-state index contributed by atoms with van der Waals surface area (Å²) < 4.78 is 35.4. The summed E-state index contributed by atoms with van der Waals surface area (Å²) in [5, 5.41) is 0. The van der Waals surface area contributed by atoms with Crippen molar-refractivity contribution < 1.29 is 13.5 Å². The quantitative estimate of drug-likeness (QED) is 0.508. The van der Waals surface area contributed by atoms with Crippen LogP contribution in [0.2, 0.25) is 0 Å². The Kier molecular flexibility index (Phi) is 6.94. The lowest BCUT2D eigenvalue weighted by Gasteiger charge is -2.31. The fourth-order valence-electron chi connectivity index (χ4n) is 5.12. The minimum atomic E-state index is -0.749. The summed E-state index contributed by atoms with van der Waals surface area (Å²) in [6.45, 7) is 4.44. The summed E-state index contributed by atoms with van der Waals surface area (Å²) in [5.41, 5.74) is 1.54. The summed E-state index contributed by atoms with van der Waals surface area (Å²) in [5.74, 6) is 0.0174. The molecule has 26 heavy (non-hydrogen) atoms. The third kappa shape index (κ3) is 4.23. The molecule has 2 aliphatic rings. The first-order valence-electron chi connectivity index (χ1n) is 10.8. The highest BCUT2D eigenvalue weighted by molar-refractivity contribution is 5.44. The van der Waals surface area contributed by atoms with Crippen molar-refractivity contribution in [2.75, 3.05) is 6.61 Å². The Hall–Kier alpha value is -1.12. The Bertz CT molecular complexity index is 584. The Balaban J connectivity index is 1.89. The van der Waals surface area contributed by atoms with E-state index >= 15 is 0 Å². The van der Waals surface area contributed by atoms with E-state index in [2.05, 4.69) is 6.92 Å². The van der Waals surface area contributed by atoms with Crippen LogP contribution in [0.15, 0.2) is 6.07 Å². The highest BCUT2D eigenvalue weighted by Crippen LogP contribution is 2.45. The maximum absolute atomic E-state index is 14.9. The maximum atomic E-state index is 14.9. The van der Waals surface area contributed by atoms with E-state index in [9.17, 15) is 8.78 Å². The van der Waals surface area contributed by atoms with Crippen LogP contribution in [-0.4, -0.2) is 6.61 Å². The molecule has 1 aromatic rings. The fraction of sp³-hybridized carbons (Fsp3) is 0.739. The first-order chi connectivity index (χ1) is 12.7. The van der Waals surface area contributed by atoms with E-state index in [1.54, 1.807) is 0 Å². The van der Waals surface area contributed by atoms with Gasteiger partial charge in [-0.25, -0.2) is 4.39 Å². The molecule has 146 valence electrons. The molecule has 0 spiro atoms. The van der Waals surface area contributed by atoms with Crippen LogP contribution in [0, 0.1) is 17.6 Å². The van der Waals surface area contributed by atoms with Crippen LogP contribution in [0.25, 0.3) is 0 Å². The Morgan fingerprint density at radius 3 is 2.12 bits per heavy atom. The zero-order chi connectivity index (χ0) is 18.5. The molecule has 2 fully saturated rings. The SMILES string of the molecule is CCCC1CCC(c2cc(C3CCCCC3)c(OCC)c(F)c2F)CC1. The average Bonchev–Trinajstić information content (AvgIpc) is 2.68. The third-order valence-electron chi connectivity index (χ3n) is 6.54. The van der Waals surface area contributed by atoms with Crippen molar-refractivity contribution in [3.8, 4) is 5.75 Å². The Morgan fingerprint density at radius 2 is 1.50 bits per heavy atom. The molecule has 0 radical (unpaired) electrons. The van der Waals surface area contributed by atoms with Gasteiger partial charge >= 0.3 is 0 Å². The third-order valence-corrected chi connectivity index (χ3v) is 6.54. The average molecular weight is 365 g/mol. The van der Waals surface area contributed by atoms with Crippen LogP contribution in [0.4, 0.5) is 8.78 Å². The minimum absolute atomic E-state index is 0.163. The monoisotopic (exact) mass is 364 g/mol. The Morgan fingerprint density at radius 1 is 0.846 bits per heavy atom. The second-order valence-corrected chi connectivity index (χ2v) is 8.29. The summed E-state index contributed by atoms with van der Waals surface area (Å²) in [7, 11) is 0. The van der Waals surface area contributed by atoms with Crippen LogP contribution in [0.3, 0.4) is 0 Å². The van der Waals surface area contributed by atoms with Crippen molar-refractivity contribution in [1.82, 2.24) is 0 Å². The zero-order valence-electron chi connectivity index (χ0n) is 16.5. The second-order valence-electron chi connectivity index (χ2n) is 8.29. The summed E-state index contributed by atoms with van der Waals surface area (Å²) in [6.07, 6.45) is 12.5. The molecule has 0 unspecified atom stereocenters. The molecule has 3 rings (SSSR count). The van der Waals surface area contributed by atoms with Crippen LogP contribution in [-0.2, 0) is 0 Å². The topological polar surface area (TPSA) is 9.23 Å². The predicted molar refractivity (Wildman–Crippen MR) is 103 cm³/mol. The van der Waals surface area contributed by atoms with Gasteiger partial charge in [0, 0.05) is 5.56 Å². The highest BCUT2D eigenvalue weighted by atomic mass is 19.2. The largest absolute Gasteiger partial charge is 0.490 e. The standard InChI is InChI=1S/C23H34F2O/c1-3-8-16-11-13-18(14-12-16)19-15-20(17-9-6-5-7-10-17)23(26-4-2)22(25)21(19)24/h15-18H,3-14H2,1-2H3. The van der Waals surface area contributed by atoms with Gasteiger partial charge in [-0.05, 0) is 74.8 Å². The zero-order valence-corrected chi connectivity index (χ0v) is 16.5. The first-order valence-corrected chi connectivity index (χ1v) is 10.8. The van der Waals surface area contributed by atoms with E-state index in [1.807, 2.05) is 13.0 Å². The van der Waals surface area contributed by atoms with Crippen molar-refractivity contribution in [3.63, 3.8) is 0 Å². The van der Waals surface area contributed by atoms with Gasteiger partial charge in [-0.15, -0.1) is 0 Å². The summed E-state index contributed by atoms with van der Waals surface area (Å²) in [6, 6.07) is 1.98. The van der Waals surface area contributed by atoms with Crippen molar-refractivity contribution in [2.24, 2.45) is 5.92 Å². The van der Waals surface area contributed by atoms with Gasteiger partial charge in [0.15, 0.2) is 11.6 Å². The van der Waals surface area contributed by atoms with Crippen molar-refractivity contribution in [3.05, 3.63) is 28.8 Å². The van der Waals surface area contributed by atoms with Gasteiger partial charge in [-0.2, -0.15) is 4.39 Å². The lowest BCUT2D eigenvalue weighted by Crippen LogP contribution is -2.17. The normalized spacial score (nSPS) is 24.6. The number of rotatable bonds is 6. The number of halogens is 2. The van der Waals surface area contributed by atoms with Crippen molar-refractivity contribution >= 4 is 0 Å². The predicted octanol–water partition coefficient (Wildman–Crippen LogP) is 7.49. The number of hydrogen-bond donors (Lipinski definition) is 0. The molecule has 0 heterocycles. The lowest BCUT2D eigenvalue weighted by atomic mass is 9.75. The first kappa shape index (κ1) is 19.6. The van der Waals surface area contributed by atoms with Crippen LogP contribution >= 0.6 is 0 Å². The van der Waals surface area contributed by atoms with E-state index in [4.69, 9.17) is 4.74 Å². The van der Waals surface area contributed by atoms with Crippen LogP contribution in [0.5, 0.6) is 5.75 Å². The van der Waals surface area contributed by atoms with Gasteiger partial charge in [0.2, 0.25) is 5.82 Å². The van der Waals surface area contributed by atoms with Gasteiger partial charge < -0.3 is 4.74 Å². The molecule has 3 heteroatoms. The maximum Gasteiger partial charge on any atom is 0.201 e. The van der Waals surface area contributed by atoms with Crippen LogP contribution < -0.4 is 4.74 Å². The molecular formula is C23H34F2O. The molecule has 0 saturated heterocycles. The second kappa shape index (κ2) is 9.19. The summed E-state index contributed by atoms with van der Waals surface area (Å²) in [4.78, 5) is 0. The molecular weight excluding hydrogens is 330 g/mol. The number of ether oxygens (including phenoxy) is 1. The molecule has 0 aromatic heterocycles. The fourth-order valence-corrected chi connectivity index (χ4v) is 5.12. The molecule has 0 aliphatic heterocycles. The van der Waals surface area contributed by atoms with Crippen LogP contribution in [0.1, 0.15) is 107 Å². The highest BCUT2D eigenvalue weighted by Gasteiger charge is 2.30. The van der Waals surface area contributed by atoms with Gasteiger partial charge in [-0.3, -0.25) is 0 Å². The molecule has 1 nitrogen and oxygen atoms in total. The smallest absolute Gasteiger partial charge is 0.201 e. The molecule has 2 aliphatic carbocycles. The Labute approximate surface area is 157 Å². The molecule has 0 N–H and O–H groups in total. The minimum Gasteiger partial charge on any atom is -0.490 e. The summed E-state index contributed by atoms with van der Waals surface area (Å²) >= 11 is 0. The van der Waals surface area contributed by atoms with Gasteiger partial charge in [-0.1, -0.05) is 39.0 Å². The molecule has 0 amide bonds. The number of hydrogen-bond acceptors (Lipinski definition) is 1. The molecule has 0 bridgehead atoms. The molecule has 2 saturated carbocycles. The van der Waals surface area contributed by atoms with E-state index in [-0.39, 0.29) is 11.7 Å². The van der Waals surface area contributed by atoms with Gasteiger partial charge in [0.1, 0.15) is 0 Å². The van der Waals surface area contributed by atoms with Crippen molar-refractivity contribution in [1.29, 1.82) is 0 Å². The van der Waals surface area contributed by atoms with Crippen molar-refractivity contribution in [2.45, 2.75) is 96.3 Å².